The van der Waals surface area contributed by atoms with Crippen LogP contribution in [0.15, 0.2) is 24.3 Å². The fourth-order valence-electron chi connectivity index (χ4n) is 3.20. The maximum absolute atomic E-state index is 12.8. The summed E-state index contributed by atoms with van der Waals surface area (Å²) in [5.74, 6) is 0.921. The van der Waals surface area contributed by atoms with E-state index in [-0.39, 0.29) is 5.91 Å². The Morgan fingerprint density at radius 1 is 1.38 bits per heavy atom. The van der Waals surface area contributed by atoms with Crippen LogP contribution in [0, 0.1) is 0 Å². The fourth-order valence-corrected chi connectivity index (χ4v) is 3.20. The number of methoxy groups -OCH3 is 1. The molecule has 0 saturated carbocycles. The second-order valence-corrected chi connectivity index (χ2v) is 5.69. The molecule has 21 heavy (non-hydrogen) atoms. The number of hydrogen-bond acceptors (Lipinski definition) is 2. The Labute approximate surface area is 125 Å². The number of aromatic amines is 1. The normalized spacial score (nSPS) is 19.0. The minimum Gasteiger partial charge on any atom is -0.497 e. The molecular weight excluding hydrogens is 264 g/mol. The first-order valence-electron chi connectivity index (χ1n) is 7.70. The van der Waals surface area contributed by atoms with Crippen LogP contribution in [0.25, 0.3) is 10.9 Å². The first kappa shape index (κ1) is 14.0. The number of nitrogens with zero attached hydrogens (tertiary/aromatic N) is 1. The van der Waals surface area contributed by atoms with Gasteiger partial charge in [-0.15, -0.1) is 0 Å². The van der Waals surface area contributed by atoms with Gasteiger partial charge in [0.25, 0.3) is 5.91 Å². The van der Waals surface area contributed by atoms with Crippen molar-refractivity contribution in [1.82, 2.24) is 9.88 Å². The average molecular weight is 286 g/mol. The van der Waals surface area contributed by atoms with E-state index in [1.54, 1.807) is 7.11 Å². The van der Waals surface area contributed by atoms with Gasteiger partial charge >= 0.3 is 0 Å². The predicted molar refractivity (Wildman–Crippen MR) is 83.8 cm³/mol. The summed E-state index contributed by atoms with van der Waals surface area (Å²) in [4.78, 5) is 18.0. The molecule has 1 atom stereocenters. The van der Waals surface area contributed by atoms with Gasteiger partial charge in [0.1, 0.15) is 11.4 Å². The third-order valence-corrected chi connectivity index (χ3v) is 4.42. The smallest absolute Gasteiger partial charge is 0.270 e. The Morgan fingerprint density at radius 3 is 3.00 bits per heavy atom. The summed E-state index contributed by atoms with van der Waals surface area (Å²) in [6, 6.07) is 8.15. The summed E-state index contributed by atoms with van der Waals surface area (Å²) in [5.41, 5.74) is 1.63. The highest BCUT2D eigenvalue weighted by atomic mass is 16.5. The minimum absolute atomic E-state index is 0.122. The quantitative estimate of drug-likeness (QED) is 0.937. The molecule has 112 valence electrons. The average Bonchev–Trinajstić information content (AvgIpc) is 2.96. The number of hydrogen-bond donors (Lipinski definition) is 1. The monoisotopic (exact) mass is 286 g/mol. The fraction of sp³-hybridized carbons (Fsp3) is 0.471. The Bertz CT molecular complexity index is 647. The molecule has 0 spiro atoms. The van der Waals surface area contributed by atoms with Crippen LogP contribution in [-0.4, -0.2) is 35.5 Å². The van der Waals surface area contributed by atoms with E-state index in [1.165, 1.54) is 6.42 Å². The number of fused-ring (bicyclic) bond motifs is 1. The van der Waals surface area contributed by atoms with Gasteiger partial charge in [0.2, 0.25) is 0 Å². The second kappa shape index (κ2) is 5.80. The van der Waals surface area contributed by atoms with Gasteiger partial charge in [-0.2, -0.15) is 0 Å². The molecule has 1 aromatic heterocycles. The molecular formula is C17H22N2O2. The van der Waals surface area contributed by atoms with Crippen LogP contribution in [0.5, 0.6) is 5.75 Å². The van der Waals surface area contributed by atoms with Crippen molar-refractivity contribution < 1.29 is 9.53 Å². The van der Waals surface area contributed by atoms with Crippen molar-refractivity contribution in [2.45, 2.75) is 38.6 Å². The van der Waals surface area contributed by atoms with E-state index in [9.17, 15) is 4.79 Å². The molecule has 2 heterocycles. The van der Waals surface area contributed by atoms with Crippen molar-refractivity contribution in [2.24, 2.45) is 0 Å². The van der Waals surface area contributed by atoms with E-state index in [0.717, 1.165) is 42.5 Å². The highest BCUT2D eigenvalue weighted by molar-refractivity contribution is 5.98. The largest absolute Gasteiger partial charge is 0.497 e. The van der Waals surface area contributed by atoms with Gasteiger partial charge in [0.05, 0.1) is 7.11 Å². The number of H-pyrrole nitrogens is 1. The molecule has 4 nitrogen and oxygen atoms in total. The SMILES string of the molecule is CCC1CCCCN1C(=O)c1cc2ccc(OC)cc2[nH]1. The Hall–Kier alpha value is -1.97. The molecule has 3 rings (SSSR count). The molecule has 0 bridgehead atoms. The number of nitrogens with one attached hydrogen (secondary N) is 1. The number of carbonyl (C=O) groups excluding carboxylic acids is 1. The van der Waals surface area contributed by atoms with E-state index >= 15 is 0 Å². The number of piperidine rings is 1. The van der Waals surface area contributed by atoms with E-state index in [1.807, 2.05) is 29.2 Å². The molecule has 1 amide bonds. The molecule has 1 aliphatic rings. The maximum Gasteiger partial charge on any atom is 0.270 e. The van der Waals surface area contributed by atoms with Gasteiger partial charge in [-0.3, -0.25) is 4.79 Å². The third-order valence-electron chi connectivity index (χ3n) is 4.42. The summed E-state index contributed by atoms with van der Waals surface area (Å²) in [6.07, 6.45) is 4.48. The number of benzene rings is 1. The van der Waals surface area contributed by atoms with Crippen molar-refractivity contribution in [3.8, 4) is 5.75 Å². The predicted octanol–water partition coefficient (Wildman–Crippen LogP) is 3.58. The van der Waals surface area contributed by atoms with E-state index in [2.05, 4.69) is 11.9 Å². The van der Waals surface area contributed by atoms with E-state index in [4.69, 9.17) is 4.74 Å². The molecule has 1 fully saturated rings. The van der Waals surface area contributed by atoms with Crippen LogP contribution in [0.4, 0.5) is 0 Å². The lowest BCUT2D eigenvalue weighted by Crippen LogP contribution is -2.43. The number of ether oxygens (including phenoxy) is 1. The van der Waals surface area contributed by atoms with Gasteiger partial charge in [-0.25, -0.2) is 0 Å². The Kier molecular flexibility index (Phi) is 3.86. The van der Waals surface area contributed by atoms with E-state index in [0.29, 0.717) is 11.7 Å². The summed E-state index contributed by atoms with van der Waals surface area (Å²) in [5, 5.41) is 1.05. The number of rotatable bonds is 3. The minimum atomic E-state index is 0.122. The standard InChI is InChI=1S/C17H22N2O2/c1-3-13-6-4-5-9-19(13)17(20)16-10-12-7-8-14(21-2)11-15(12)18-16/h7-8,10-11,13,18H,3-6,9H2,1-2H3. The van der Waals surface area contributed by atoms with Gasteiger partial charge in [0, 0.05) is 29.6 Å². The maximum atomic E-state index is 12.8. The first-order chi connectivity index (χ1) is 10.2. The van der Waals surface area contributed by atoms with Gasteiger partial charge in [-0.1, -0.05) is 6.92 Å². The van der Waals surface area contributed by atoms with Gasteiger partial charge in [0.15, 0.2) is 0 Å². The topological polar surface area (TPSA) is 45.3 Å². The third kappa shape index (κ3) is 2.62. The first-order valence-corrected chi connectivity index (χ1v) is 7.70. The molecule has 1 unspecified atom stereocenters. The van der Waals surface area contributed by atoms with Crippen molar-refractivity contribution in [2.75, 3.05) is 13.7 Å². The lowest BCUT2D eigenvalue weighted by atomic mass is 9.99. The molecule has 0 aliphatic carbocycles. The van der Waals surface area contributed by atoms with Crippen molar-refractivity contribution in [3.63, 3.8) is 0 Å². The molecule has 2 aromatic rings. The lowest BCUT2D eigenvalue weighted by Gasteiger charge is -2.35. The van der Waals surface area contributed by atoms with Gasteiger partial charge < -0.3 is 14.6 Å². The number of likely N-dealkylation sites (tertiary alicyclic amines) is 1. The van der Waals surface area contributed by atoms with Crippen LogP contribution < -0.4 is 4.74 Å². The zero-order chi connectivity index (χ0) is 14.8. The molecule has 0 radical (unpaired) electrons. The van der Waals surface area contributed by atoms with Crippen molar-refractivity contribution in [1.29, 1.82) is 0 Å². The summed E-state index contributed by atoms with van der Waals surface area (Å²) in [6.45, 7) is 3.03. The van der Waals surface area contributed by atoms with Crippen LogP contribution in [0.2, 0.25) is 0 Å². The summed E-state index contributed by atoms with van der Waals surface area (Å²) < 4.78 is 5.23. The molecule has 1 saturated heterocycles. The molecule has 4 heteroatoms. The molecule has 1 aliphatic heterocycles. The van der Waals surface area contributed by atoms with Crippen LogP contribution in [0.1, 0.15) is 43.1 Å². The lowest BCUT2D eigenvalue weighted by molar-refractivity contribution is 0.0603. The zero-order valence-corrected chi connectivity index (χ0v) is 12.7. The van der Waals surface area contributed by atoms with E-state index < -0.39 is 0 Å². The number of carbonyl (C=O) groups is 1. The van der Waals surface area contributed by atoms with Crippen LogP contribution in [-0.2, 0) is 0 Å². The Balaban J connectivity index is 1.90. The highest BCUT2D eigenvalue weighted by Gasteiger charge is 2.27. The zero-order valence-electron chi connectivity index (χ0n) is 12.7. The highest BCUT2D eigenvalue weighted by Crippen LogP contribution is 2.25. The van der Waals surface area contributed by atoms with Crippen molar-refractivity contribution >= 4 is 16.8 Å². The number of aromatic nitrogens is 1. The molecule has 1 aromatic carbocycles. The molecule has 1 N–H and O–H groups in total. The summed E-state index contributed by atoms with van der Waals surface area (Å²) >= 11 is 0. The second-order valence-electron chi connectivity index (χ2n) is 5.69. The number of amides is 1. The summed E-state index contributed by atoms with van der Waals surface area (Å²) in [7, 11) is 1.65. The van der Waals surface area contributed by atoms with Crippen LogP contribution >= 0.6 is 0 Å². The van der Waals surface area contributed by atoms with Crippen LogP contribution in [0.3, 0.4) is 0 Å². The Morgan fingerprint density at radius 2 is 2.24 bits per heavy atom. The van der Waals surface area contributed by atoms with Crippen molar-refractivity contribution in [3.05, 3.63) is 30.0 Å². The van der Waals surface area contributed by atoms with Gasteiger partial charge in [-0.05, 0) is 43.9 Å².